The normalized spacial score (nSPS) is 15.8. The van der Waals surface area contributed by atoms with Crippen LogP contribution in [0.3, 0.4) is 0 Å². The van der Waals surface area contributed by atoms with Crippen molar-refractivity contribution in [1.82, 2.24) is 20.2 Å². The number of piperidine rings is 1. The number of likely N-dealkylation sites (tertiary alicyclic amines) is 1. The van der Waals surface area contributed by atoms with Crippen LogP contribution in [0.2, 0.25) is 0 Å². The molecule has 3 rings (SSSR count). The molecule has 1 aromatic heterocycles. The van der Waals surface area contributed by atoms with E-state index in [1.807, 2.05) is 29.2 Å². The molecule has 2 heterocycles. The monoisotopic (exact) mass is 324 g/mol. The van der Waals surface area contributed by atoms with Gasteiger partial charge in [-0.1, -0.05) is 12.1 Å². The molecule has 0 spiro atoms. The number of benzene rings is 1. The molecule has 24 heavy (non-hydrogen) atoms. The quantitative estimate of drug-likeness (QED) is 0.873. The zero-order chi connectivity index (χ0) is 16.9. The van der Waals surface area contributed by atoms with Gasteiger partial charge >= 0.3 is 0 Å². The highest BCUT2D eigenvalue weighted by atomic mass is 16.2. The number of rotatable bonds is 3. The first-order valence-corrected chi connectivity index (χ1v) is 8.08. The summed E-state index contributed by atoms with van der Waals surface area (Å²) < 4.78 is 0. The number of fused-ring (bicyclic) bond motifs is 1. The van der Waals surface area contributed by atoms with E-state index in [1.165, 1.54) is 6.08 Å². The van der Waals surface area contributed by atoms with Crippen molar-refractivity contribution in [3.05, 3.63) is 42.2 Å². The Morgan fingerprint density at radius 3 is 2.62 bits per heavy atom. The third-order valence-corrected chi connectivity index (χ3v) is 4.16. The first-order valence-electron chi connectivity index (χ1n) is 8.08. The number of hydrogen-bond donors (Lipinski definition) is 1. The number of carbonyl (C=O) groups excluding carboxylic acids is 2. The molecule has 6 heteroatoms. The number of nitrogens with zero attached hydrogens (tertiary/aromatic N) is 3. The summed E-state index contributed by atoms with van der Waals surface area (Å²) in [7, 11) is 0. The fraction of sp³-hybridized carbons (Fsp3) is 0.333. The molecule has 1 saturated heterocycles. The minimum absolute atomic E-state index is 0.0922. The number of hydrogen-bond acceptors (Lipinski definition) is 4. The van der Waals surface area contributed by atoms with E-state index >= 15 is 0 Å². The van der Waals surface area contributed by atoms with E-state index in [4.69, 9.17) is 0 Å². The number of amides is 2. The van der Waals surface area contributed by atoms with E-state index in [0.29, 0.717) is 18.8 Å². The highest BCUT2D eigenvalue weighted by molar-refractivity contribution is 5.91. The Morgan fingerprint density at radius 1 is 1.21 bits per heavy atom. The molecule has 1 aliphatic heterocycles. The van der Waals surface area contributed by atoms with E-state index in [9.17, 15) is 9.59 Å². The molecule has 0 radical (unpaired) electrons. The third-order valence-electron chi connectivity index (χ3n) is 4.16. The minimum atomic E-state index is -0.147. The van der Waals surface area contributed by atoms with Gasteiger partial charge in [-0.3, -0.25) is 14.6 Å². The number of carbonyl (C=O) groups is 2. The average molecular weight is 324 g/mol. The standard InChI is InChI=1S/C18H20N4O2/c1-13(23)22-10-8-14(9-11-22)21-18(24)7-6-15-12-19-16-4-2-3-5-17(16)20-15/h2-7,12,14H,8-11H2,1H3,(H,21,24)/b7-6+. The SMILES string of the molecule is CC(=O)N1CCC(NC(=O)/C=C/c2cnc3ccccc3n2)CC1. The Labute approximate surface area is 140 Å². The van der Waals surface area contributed by atoms with Gasteiger partial charge in [0.15, 0.2) is 0 Å². The lowest BCUT2D eigenvalue weighted by Crippen LogP contribution is -2.45. The molecule has 0 bridgehead atoms. The van der Waals surface area contributed by atoms with Gasteiger partial charge in [-0.15, -0.1) is 0 Å². The molecule has 1 aromatic carbocycles. The van der Waals surface area contributed by atoms with Crippen molar-refractivity contribution in [2.45, 2.75) is 25.8 Å². The highest BCUT2D eigenvalue weighted by Gasteiger charge is 2.21. The van der Waals surface area contributed by atoms with Crippen molar-refractivity contribution in [2.75, 3.05) is 13.1 Å². The molecule has 1 fully saturated rings. The van der Waals surface area contributed by atoms with E-state index in [-0.39, 0.29) is 17.9 Å². The molecule has 2 aromatic rings. The van der Waals surface area contributed by atoms with Crippen LogP contribution in [0.25, 0.3) is 17.1 Å². The first-order chi connectivity index (χ1) is 11.6. The van der Waals surface area contributed by atoms with E-state index in [2.05, 4.69) is 15.3 Å². The van der Waals surface area contributed by atoms with E-state index < -0.39 is 0 Å². The van der Waals surface area contributed by atoms with E-state index in [1.54, 1.807) is 19.2 Å². The summed E-state index contributed by atoms with van der Waals surface area (Å²) in [5.41, 5.74) is 2.28. The summed E-state index contributed by atoms with van der Waals surface area (Å²) in [6.07, 6.45) is 6.37. The second-order valence-electron chi connectivity index (χ2n) is 5.91. The van der Waals surface area contributed by atoms with Crippen LogP contribution in [0, 0.1) is 0 Å². The van der Waals surface area contributed by atoms with Crippen LogP contribution in [0.1, 0.15) is 25.5 Å². The molecule has 0 aliphatic carbocycles. The molecule has 6 nitrogen and oxygen atoms in total. The van der Waals surface area contributed by atoms with Gasteiger partial charge in [-0.25, -0.2) is 4.98 Å². The van der Waals surface area contributed by atoms with Crippen molar-refractivity contribution >= 4 is 28.9 Å². The Morgan fingerprint density at radius 2 is 1.92 bits per heavy atom. The minimum Gasteiger partial charge on any atom is -0.350 e. The fourth-order valence-electron chi connectivity index (χ4n) is 2.80. The second-order valence-corrected chi connectivity index (χ2v) is 5.91. The highest BCUT2D eigenvalue weighted by Crippen LogP contribution is 2.11. The van der Waals surface area contributed by atoms with Gasteiger partial charge in [0.25, 0.3) is 0 Å². The van der Waals surface area contributed by atoms with Crippen LogP contribution in [0.4, 0.5) is 0 Å². The van der Waals surface area contributed by atoms with Gasteiger partial charge in [-0.2, -0.15) is 0 Å². The van der Waals surface area contributed by atoms with Gasteiger partial charge in [0.2, 0.25) is 11.8 Å². The lowest BCUT2D eigenvalue weighted by Gasteiger charge is -2.31. The molecule has 1 aliphatic rings. The Kier molecular flexibility index (Phi) is 4.84. The Hall–Kier alpha value is -2.76. The number of aromatic nitrogens is 2. The molecule has 0 unspecified atom stereocenters. The summed E-state index contributed by atoms with van der Waals surface area (Å²) in [5, 5.41) is 2.97. The predicted molar refractivity (Wildman–Crippen MR) is 92.0 cm³/mol. The Bertz CT molecular complexity index is 779. The maximum atomic E-state index is 12.0. The smallest absolute Gasteiger partial charge is 0.244 e. The number of nitrogens with one attached hydrogen (secondary N) is 1. The van der Waals surface area contributed by atoms with Gasteiger partial charge in [0.05, 0.1) is 22.9 Å². The molecule has 124 valence electrons. The summed E-state index contributed by atoms with van der Waals surface area (Å²) in [5.74, 6) is -0.0548. The van der Waals surface area contributed by atoms with Crippen molar-refractivity contribution in [2.24, 2.45) is 0 Å². The van der Waals surface area contributed by atoms with Gasteiger partial charge < -0.3 is 10.2 Å². The van der Waals surface area contributed by atoms with Crippen molar-refractivity contribution < 1.29 is 9.59 Å². The first kappa shape index (κ1) is 16.1. The lowest BCUT2D eigenvalue weighted by molar-refractivity contribution is -0.129. The van der Waals surface area contributed by atoms with Crippen LogP contribution in [-0.2, 0) is 9.59 Å². The predicted octanol–water partition coefficient (Wildman–Crippen LogP) is 1.77. The zero-order valence-corrected chi connectivity index (χ0v) is 13.6. The fourth-order valence-corrected chi connectivity index (χ4v) is 2.80. The van der Waals surface area contributed by atoms with Crippen LogP contribution < -0.4 is 5.32 Å². The summed E-state index contributed by atoms with van der Waals surface area (Å²) in [4.78, 5) is 33.9. The molecule has 0 saturated carbocycles. The van der Waals surface area contributed by atoms with Crippen LogP contribution in [0.5, 0.6) is 0 Å². The largest absolute Gasteiger partial charge is 0.350 e. The molecular weight excluding hydrogens is 304 g/mol. The van der Waals surface area contributed by atoms with Gasteiger partial charge in [-0.05, 0) is 31.1 Å². The zero-order valence-electron chi connectivity index (χ0n) is 13.6. The van der Waals surface area contributed by atoms with Crippen LogP contribution >= 0.6 is 0 Å². The summed E-state index contributed by atoms with van der Waals surface area (Å²) in [6, 6.07) is 7.72. The molecule has 1 N–H and O–H groups in total. The second kappa shape index (κ2) is 7.21. The maximum Gasteiger partial charge on any atom is 0.244 e. The molecular formula is C18H20N4O2. The van der Waals surface area contributed by atoms with Crippen molar-refractivity contribution in [1.29, 1.82) is 0 Å². The van der Waals surface area contributed by atoms with Gasteiger partial charge in [0.1, 0.15) is 0 Å². The van der Waals surface area contributed by atoms with Gasteiger partial charge in [0, 0.05) is 32.1 Å². The van der Waals surface area contributed by atoms with Crippen LogP contribution in [0.15, 0.2) is 36.5 Å². The van der Waals surface area contributed by atoms with Crippen molar-refractivity contribution in [3.8, 4) is 0 Å². The molecule has 2 amide bonds. The summed E-state index contributed by atoms with van der Waals surface area (Å²) >= 11 is 0. The lowest BCUT2D eigenvalue weighted by atomic mass is 10.1. The number of para-hydroxylation sites is 2. The summed E-state index contributed by atoms with van der Waals surface area (Å²) in [6.45, 7) is 2.96. The van der Waals surface area contributed by atoms with Crippen LogP contribution in [-0.4, -0.2) is 45.8 Å². The van der Waals surface area contributed by atoms with E-state index in [0.717, 1.165) is 23.9 Å². The van der Waals surface area contributed by atoms with Crippen molar-refractivity contribution in [3.63, 3.8) is 0 Å². The Balaban J connectivity index is 1.56. The topological polar surface area (TPSA) is 75.2 Å². The average Bonchev–Trinajstić information content (AvgIpc) is 2.60. The maximum absolute atomic E-state index is 12.0. The third kappa shape index (κ3) is 3.95. The molecule has 0 atom stereocenters.